The van der Waals surface area contributed by atoms with E-state index in [0.717, 1.165) is 24.0 Å². The van der Waals surface area contributed by atoms with Crippen LogP contribution in [0.3, 0.4) is 0 Å². The Balaban J connectivity index is 2.01. The number of nitrogens with zero attached hydrogens (tertiary/aromatic N) is 1. The van der Waals surface area contributed by atoms with Crippen molar-refractivity contribution in [3.8, 4) is 0 Å². The van der Waals surface area contributed by atoms with Crippen molar-refractivity contribution in [2.45, 2.75) is 77.4 Å². The highest BCUT2D eigenvalue weighted by molar-refractivity contribution is 4.91. The van der Waals surface area contributed by atoms with Crippen molar-refractivity contribution in [1.29, 1.82) is 0 Å². The van der Waals surface area contributed by atoms with E-state index in [2.05, 4.69) is 31.0 Å². The van der Waals surface area contributed by atoms with E-state index >= 15 is 0 Å². The number of nitrogens with one attached hydrogen (secondary N) is 1. The van der Waals surface area contributed by atoms with E-state index in [-0.39, 0.29) is 0 Å². The van der Waals surface area contributed by atoms with Crippen LogP contribution >= 0.6 is 0 Å². The van der Waals surface area contributed by atoms with Crippen molar-refractivity contribution in [2.24, 2.45) is 5.92 Å². The summed E-state index contributed by atoms with van der Waals surface area (Å²) in [6.07, 6.45) is 8.53. The van der Waals surface area contributed by atoms with Crippen molar-refractivity contribution in [2.75, 3.05) is 13.1 Å². The van der Waals surface area contributed by atoms with Crippen LogP contribution < -0.4 is 5.32 Å². The molecule has 1 saturated carbocycles. The molecule has 2 aliphatic rings. The third-order valence-corrected chi connectivity index (χ3v) is 4.78. The maximum Gasteiger partial charge on any atom is 0.0247 e. The van der Waals surface area contributed by atoms with E-state index < -0.39 is 0 Å². The smallest absolute Gasteiger partial charge is 0.0247 e. The molecule has 0 radical (unpaired) electrons. The summed E-state index contributed by atoms with van der Waals surface area (Å²) < 4.78 is 0. The second-order valence-electron chi connectivity index (χ2n) is 6.31. The van der Waals surface area contributed by atoms with E-state index in [1.807, 2.05) is 0 Å². The number of hydrogen-bond acceptors (Lipinski definition) is 2. The Bertz CT molecular complexity index is 221. The molecule has 2 heteroatoms. The highest BCUT2D eigenvalue weighted by Crippen LogP contribution is 2.28. The fraction of sp³-hybridized carbons (Fsp3) is 1.00. The second kappa shape index (κ2) is 6.19. The summed E-state index contributed by atoms with van der Waals surface area (Å²) in [6.45, 7) is 9.56. The fourth-order valence-electron chi connectivity index (χ4n) is 3.58. The van der Waals surface area contributed by atoms with Crippen LogP contribution in [-0.2, 0) is 0 Å². The average molecular weight is 238 g/mol. The first-order valence-corrected chi connectivity index (χ1v) is 7.71. The summed E-state index contributed by atoms with van der Waals surface area (Å²) in [5.41, 5.74) is 0. The second-order valence-corrected chi connectivity index (χ2v) is 6.31. The van der Waals surface area contributed by atoms with Gasteiger partial charge >= 0.3 is 0 Å². The summed E-state index contributed by atoms with van der Waals surface area (Å²) in [5.74, 6) is 0.780. The number of piperazine rings is 1. The van der Waals surface area contributed by atoms with Gasteiger partial charge in [-0.1, -0.05) is 40.0 Å². The molecule has 2 fully saturated rings. The zero-order chi connectivity index (χ0) is 12.3. The Hall–Kier alpha value is -0.0800. The Morgan fingerprint density at radius 3 is 2.47 bits per heavy atom. The lowest BCUT2D eigenvalue weighted by Crippen LogP contribution is -2.61. The minimum Gasteiger partial charge on any atom is -0.311 e. The third-order valence-electron chi connectivity index (χ3n) is 4.78. The quantitative estimate of drug-likeness (QED) is 0.813. The first kappa shape index (κ1) is 13.4. The van der Waals surface area contributed by atoms with Crippen LogP contribution in [0.4, 0.5) is 0 Å². The minimum atomic E-state index is 0.729. The fourth-order valence-corrected chi connectivity index (χ4v) is 3.58. The lowest BCUT2D eigenvalue weighted by Gasteiger charge is -2.47. The molecule has 0 aromatic heterocycles. The molecule has 0 aromatic rings. The highest BCUT2D eigenvalue weighted by atomic mass is 15.3. The molecule has 1 aliphatic carbocycles. The van der Waals surface area contributed by atoms with Gasteiger partial charge in [-0.25, -0.2) is 0 Å². The largest absolute Gasteiger partial charge is 0.311 e. The highest BCUT2D eigenvalue weighted by Gasteiger charge is 2.34. The van der Waals surface area contributed by atoms with Crippen molar-refractivity contribution >= 4 is 0 Å². The van der Waals surface area contributed by atoms with Crippen LogP contribution in [0.2, 0.25) is 0 Å². The van der Waals surface area contributed by atoms with Crippen LogP contribution in [0, 0.1) is 5.92 Å². The Labute approximate surface area is 107 Å². The molecular formula is C15H30N2. The topological polar surface area (TPSA) is 15.3 Å². The normalized spacial score (nSPS) is 33.2. The van der Waals surface area contributed by atoms with Gasteiger partial charge in [0, 0.05) is 31.2 Å². The Morgan fingerprint density at radius 1 is 1.18 bits per heavy atom. The predicted molar refractivity (Wildman–Crippen MR) is 74.3 cm³/mol. The van der Waals surface area contributed by atoms with Gasteiger partial charge in [-0.2, -0.15) is 0 Å². The molecule has 0 bridgehead atoms. The molecule has 1 N–H and O–H groups in total. The van der Waals surface area contributed by atoms with Crippen LogP contribution in [0.5, 0.6) is 0 Å². The predicted octanol–water partition coefficient (Wildman–Crippen LogP) is 3.03. The van der Waals surface area contributed by atoms with Crippen LogP contribution in [0.15, 0.2) is 0 Å². The van der Waals surface area contributed by atoms with Gasteiger partial charge in [0.1, 0.15) is 0 Å². The van der Waals surface area contributed by atoms with Crippen molar-refractivity contribution in [3.63, 3.8) is 0 Å². The maximum atomic E-state index is 3.73. The molecule has 17 heavy (non-hydrogen) atoms. The van der Waals surface area contributed by atoms with Gasteiger partial charge in [0.25, 0.3) is 0 Å². The molecule has 2 rings (SSSR count). The Morgan fingerprint density at radius 2 is 1.88 bits per heavy atom. The molecular weight excluding hydrogens is 208 g/mol. The van der Waals surface area contributed by atoms with Crippen LogP contribution in [-0.4, -0.2) is 36.1 Å². The molecule has 0 aromatic carbocycles. The first-order chi connectivity index (χ1) is 8.22. The average Bonchev–Trinajstić information content (AvgIpc) is 2.39. The standard InChI is InChI=1S/C15H30N2/c1-4-13-11-17(14-8-6-5-7-9-14)15(10-16-13)12(2)3/h12-16H,4-11H2,1-3H3. The molecule has 2 unspecified atom stereocenters. The van der Waals surface area contributed by atoms with Gasteiger partial charge in [-0.3, -0.25) is 4.90 Å². The van der Waals surface area contributed by atoms with Crippen molar-refractivity contribution in [1.82, 2.24) is 10.2 Å². The first-order valence-electron chi connectivity index (χ1n) is 7.71. The van der Waals surface area contributed by atoms with Gasteiger partial charge in [0.05, 0.1) is 0 Å². The molecule has 2 atom stereocenters. The Kier molecular flexibility index (Phi) is 4.87. The zero-order valence-corrected chi connectivity index (χ0v) is 11.9. The lowest BCUT2D eigenvalue weighted by molar-refractivity contribution is 0.0385. The lowest BCUT2D eigenvalue weighted by atomic mass is 9.89. The van der Waals surface area contributed by atoms with Gasteiger partial charge in [0.2, 0.25) is 0 Å². The monoisotopic (exact) mass is 238 g/mol. The van der Waals surface area contributed by atoms with Crippen LogP contribution in [0.25, 0.3) is 0 Å². The van der Waals surface area contributed by atoms with Gasteiger partial charge < -0.3 is 5.32 Å². The van der Waals surface area contributed by atoms with Crippen molar-refractivity contribution in [3.05, 3.63) is 0 Å². The zero-order valence-electron chi connectivity index (χ0n) is 11.9. The van der Waals surface area contributed by atoms with E-state index in [9.17, 15) is 0 Å². The third kappa shape index (κ3) is 3.23. The summed E-state index contributed by atoms with van der Waals surface area (Å²) in [6, 6.07) is 2.38. The van der Waals surface area contributed by atoms with Crippen LogP contribution in [0.1, 0.15) is 59.3 Å². The summed E-state index contributed by atoms with van der Waals surface area (Å²) in [7, 11) is 0. The molecule has 0 amide bonds. The molecule has 1 saturated heterocycles. The van der Waals surface area contributed by atoms with Gasteiger partial charge in [-0.05, 0) is 25.2 Å². The number of rotatable bonds is 3. The van der Waals surface area contributed by atoms with E-state index in [1.165, 1.54) is 51.6 Å². The minimum absolute atomic E-state index is 0.729. The SMILES string of the molecule is CCC1CN(C2CCCCC2)C(C(C)C)CN1. The van der Waals surface area contributed by atoms with Gasteiger partial charge in [0.15, 0.2) is 0 Å². The number of hydrogen-bond donors (Lipinski definition) is 1. The van der Waals surface area contributed by atoms with E-state index in [1.54, 1.807) is 0 Å². The molecule has 2 nitrogen and oxygen atoms in total. The van der Waals surface area contributed by atoms with E-state index in [4.69, 9.17) is 0 Å². The molecule has 1 heterocycles. The summed E-state index contributed by atoms with van der Waals surface area (Å²) in [4.78, 5) is 2.86. The van der Waals surface area contributed by atoms with Crippen molar-refractivity contribution < 1.29 is 0 Å². The van der Waals surface area contributed by atoms with E-state index in [0.29, 0.717) is 0 Å². The molecule has 1 aliphatic heterocycles. The molecule has 100 valence electrons. The van der Waals surface area contributed by atoms with Gasteiger partial charge in [-0.15, -0.1) is 0 Å². The molecule has 0 spiro atoms. The summed E-state index contributed by atoms with van der Waals surface area (Å²) >= 11 is 0. The maximum absolute atomic E-state index is 3.73. The summed E-state index contributed by atoms with van der Waals surface area (Å²) in [5, 5.41) is 3.73.